The molecule has 4 heterocycles. The third-order valence-corrected chi connectivity index (χ3v) is 17.9. The van der Waals surface area contributed by atoms with Crippen molar-refractivity contribution in [1.82, 2.24) is 14.2 Å². The van der Waals surface area contributed by atoms with Crippen molar-refractivity contribution in [2.24, 2.45) is 17.3 Å². The Hall–Kier alpha value is -8.98. The molecule has 0 saturated carbocycles. The van der Waals surface area contributed by atoms with Crippen LogP contribution >= 0.6 is 0 Å². The third kappa shape index (κ3) is 17.0. The first-order valence-electron chi connectivity index (χ1n) is 33.8. The Morgan fingerprint density at radius 2 is 0.980 bits per heavy atom. The van der Waals surface area contributed by atoms with Gasteiger partial charge >= 0.3 is 35.6 Å². The van der Waals surface area contributed by atoms with Crippen LogP contribution in [0.5, 0.6) is 11.5 Å². The first-order valence-corrected chi connectivity index (χ1v) is 33.8. The van der Waals surface area contributed by atoms with Gasteiger partial charge in [0.05, 0.1) is 24.0 Å². The van der Waals surface area contributed by atoms with Gasteiger partial charge in [-0.2, -0.15) is 0 Å². The van der Waals surface area contributed by atoms with E-state index in [2.05, 4.69) is 142 Å². The van der Waals surface area contributed by atoms with E-state index in [1.165, 1.54) is 16.1 Å². The number of aryl methyl sites for hydroxylation is 3. The van der Waals surface area contributed by atoms with E-state index in [-0.39, 0.29) is 70.4 Å². The number of amides is 2. The van der Waals surface area contributed by atoms with Crippen molar-refractivity contribution in [3.8, 4) is 56.4 Å². The molecule has 0 bridgehead atoms. The van der Waals surface area contributed by atoms with Crippen molar-refractivity contribution in [1.29, 1.82) is 0 Å². The number of nitrogens with two attached hydrogens (primary N) is 3. The Morgan fingerprint density at radius 1 is 0.549 bits per heavy atom. The molecule has 6 aliphatic rings. The van der Waals surface area contributed by atoms with Gasteiger partial charge in [0, 0.05) is 103 Å². The average Bonchev–Trinajstić information content (AvgIpc) is 1.61. The fourth-order valence-electron chi connectivity index (χ4n) is 13.2. The zero-order valence-corrected chi connectivity index (χ0v) is 62.3. The fourth-order valence-corrected chi connectivity index (χ4v) is 13.2. The van der Waals surface area contributed by atoms with Crippen LogP contribution in [0.3, 0.4) is 0 Å². The standard InChI is InChI=1S/C26H26N3O2.C26H25NO3.C25H25N3O2.2C2H7N.ClH.2Cu.2H2O/c1-4-17-11-13-21-23(15-17)31-24-16-18(29(5-2)6-3)12-14-22(24)25(21)19-9-7-8-10-20(19)26(30)28-27;1-4-17-11-13-21-23(15-17)30-24-16-18(27(5-2)6-3)12-14-22(24)25(21)19-9-7-8-10-20(19)26(28)29;1-4-27(5-2)17-11-13-21-23(15-17)30-22-14-16(3)10-12-20(22)25(21)19-9-7-6-8-18(19)24(29)28(25)26;2*1-2-3;;;;;/h7-16,27H,4-6H2,1-3H3;7-16H,4-6H2,1-3H3;6-15H,4-5,26H2,1-3H3;2*2-3H2,1H3;1H;;;2*1H2/q-1;;;;;;2*+2;;. The predicted molar refractivity (Wildman–Crippen MR) is 400 cm³/mol. The number of anilines is 1. The van der Waals surface area contributed by atoms with Gasteiger partial charge in [-0.1, -0.05) is 137 Å². The van der Waals surface area contributed by atoms with E-state index < -0.39 is 17.4 Å². The monoisotopic (exact) mass is 1500 g/mol. The summed E-state index contributed by atoms with van der Waals surface area (Å²) in [6.45, 7) is 29.8. The predicted octanol–water partition coefficient (Wildman–Crippen LogP) is 9.96. The van der Waals surface area contributed by atoms with Gasteiger partial charge < -0.3 is 79.3 Å². The second kappa shape index (κ2) is 38.9. The number of carbonyl (C=O) groups is 3. The molecule has 1 unspecified atom stereocenters. The summed E-state index contributed by atoms with van der Waals surface area (Å²) in [7, 11) is 0. The second-order valence-electron chi connectivity index (χ2n) is 23.5. The van der Waals surface area contributed by atoms with Gasteiger partial charge in [-0.3, -0.25) is 9.80 Å². The largest absolute Gasteiger partial charge is 2.00 e. The number of carboxylic acids is 1. The number of aromatic carboxylic acids is 1. The van der Waals surface area contributed by atoms with E-state index in [0.717, 1.165) is 177 Å². The molecule has 4 aliphatic heterocycles. The van der Waals surface area contributed by atoms with Crippen LogP contribution in [0.15, 0.2) is 191 Å². The second-order valence-corrected chi connectivity index (χ2v) is 23.5. The molecule has 21 heteroatoms. The van der Waals surface area contributed by atoms with Crippen LogP contribution in [0.2, 0.25) is 0 Å². The van der Waals surface area contributed by atoms with Gasteiger partial charge in [-0.25, -0.2) is 15.0 Å². The summed E-state index contributed by atoms with van der Waals surface area (Å²) in [6, 6.07) is 59.1. The maximum Gasteiger partial charge on any atom is 2.00 e. The van der Waals surface area contributed by atoms with Crippen LogP contribution in [0.25, 0.3) is 78.1 Å². The summed E-state index contributed by atoms with van der Waals surface area (Å²) < 4.78 is 23.7. The van der Waals surface area contributed by atoms with Crippen molar-refractivity contribution in [2.75, 3.05) is 57.3 Å². The molecule has 2 amide bonds. The fraction of sp³-hybridized carbons (Fsp3) is 0.272. The van der Waals surface area contributed by atoms with E-state index in [1.807, 2.05) is 112 Å². The topological polar surface area (TPSA) is 301 Å². The number of carboxylic acid groups (broad SMARTS) is 1. The molecule has 2 radical (unpaired) electrons. The SMILES string of the molecule is CCN.CCN.CCN(CC)c1ccc2c(c1)Oc1cc(C)ccc1C21c2ccccc2C(=O)N1N.CCc1ccc2c(-c3ccccc3C(=O)[N-][NH-])c3ccc(=[N+](CC)CC)cc-3oc2c1.CCc1ccc2c(-c3ccccc3C(=O)[O-])c3ccc(=[N+](CC)CC)cc-3oc2c1.O.O.[Cl-].[Cu+2].[Cu+2].[H+]. The minimum absolute atomic E-state index is 0. The zero-order chi connectivity index (χ0) is 69.7. The van der Waals surface area contributed by atoms with Gasteiger partial charge in [0.25, 0.3) is 5.91 Å². The first-order chi connectivity index (χ1) is 47.0. The van der Waals surface area contributed by atoms with Gasteiger partial charge in [-0.05, 0) is 145 Å². The van der Waals surface area contributed by atoms with Crippen LogP contribution in [-0.2, 0) is 52.5 Å². The van der Waals surface area contributed by atoms with E-state index in [1.54, 1.807) is 24.3 Å². The average molecular weight is 1500 g/mol. The smallest absolute Gasteiger partial charge is 1.00 e. The zero-order valence-electron chi connectivity index (χ0n) is 60.7. The summed E-state index contributed by atoms with van der Waals surface area (Å²) in [5.41, 5.74) is 26.9. The Morgan fingerprint density at radius 3 is 1.43 bits per heavy atom. The van der Waals surface area contributed by atoms with Crippen LogP contribution < -0.4 is 64.3 Å². The van der Waals surface area contributed by atoms with Crippen molar-refractivity contribution in [3.05, 3.63) is 254 Å². The Balaban J connectivity index is 0.000000375. The number of benzene rings is 9. The minimum atomic E-state index is -1.18. The Kier molecular flexibility index (Phi) is 32.6. The van der Waals surface area contributed by atoms with Gasteiger partial charge in [0.2, 0.25) is 10.7 Å². The number of ether oxygens (including phenoxy) is 1. The third-order valence-electron chi connectivity index (χ3n) is 17.9. The van der Waals surface area contributed by atoms with E-state index in [9.17, 15) is 19.5 Å². The molecule has 2 aliphatic carbocycles. The van der Waals surface area contributed by atoms with Crippen LogP contribution in [0.1, 0.15) is 135 Å². The molecular formula is C81H95ClCu2N9O9+3. The molecular weight excluding hydrogens is 1410 g/mol. The summed E-state index contributed by atoms with van der Waals surface area (Å²) in [6.07, 6.45) is 1.80. The molecule has 544 valence electrons. The number of nitrogens with one attached hydrogen (secondary N) is 1. The number of rotatable bonds is 13. The molecule has 1 atom stereocenters. The minimum Gasteiger partial charge on any atom is -1.00 e. The quantitative estimate of drug-likeness (QED) is 0.0243. The molecule has 7 aromatic carbocycles. The number of nitrogens with zero attached hydrogens (tertiary/aromatic N) is 5. The molecule has 102 heavy (non-hydrogen) atoms. The van der Waals surface area contributed by atoms with Crippen LogP contribution in [-0.4, -0.2) is 86.1 Å². The molecule has 0 aromatic heterocycles. The van der Waals surface area contributed by atoms with Gasteiger partial charge in [0.15, 0.2) is 0 Å². The molecule has 11 N–H and O–H groups in total. The van der Waals surface area contributed by atoms with E-state index >= 15 is 0 Å². The van der Waals surface area contributed by atoms with Crippen molar-refractivity contribution in [2.45, 2.75) is 94.5 Å². The maximum atomic E-state index is 13.2. The summed E-state index contributed by atoms with van der Waals surface area (Å²) in [5.74, 6) is 14.9. The number of carbonyl (C=O) groups excluding carboxylic acids is 3. The summed E-state index contributed by atoms with van der Waals surface area (Å²) in [4.78, 5) is 39.7. The molecule has 7 aromatic rings. The van der Waals surface area contributed by atoms with Crippen LogP contribution in [0.4, 0.5) is 5.69 Å². The number of fused-ring (bicyclic) bond motifs is 10. The first kappa shape index (κ1) is 85.4. The van der Waals surface area contributed by atoms with Crippen molar-refractivity contribution < 1.29 is 92.0 Å². The van der Waals surface area contributed by atoms with Crippen LogP contribution in [0, 0.1) is 6.92 Å². The summed E-state index contributed by atoms with van der Waals surface area (Å²) >= 11 is 0. The maximum absolute atomic E-state index is 13.2. The normalized spacial score (nSPS) is 12.5. The Bertz CT molecular complexity index is 4760. The van der Waals surface area contributed by atoms with Crippen molar-refractivity contribution in [3.63, 3.8) is 0 Å². The summed E-state index contributed by atoms with van der Waals surface area (Å²) in [5, 5.41) is 17.2. The molecule has 13 rings (SSSR count). The van der Waals surface area contributed by atoms with Gasteiger partial charge in [-0.15, -0.1) is 0 Å². The van der Waals surface area contributed by atoms with Gasteiger partial charge in [0.1, 0.15) is 65.9 Å². The molecule has 0 saturated heterocycles. The molecule has 18 nitrogen and oxygen atoms in total. The van der Waals surface area contributed by atoms with Crippen molar-refractivity contribution >= 4 is 45.4 Å². The molecule has 0 fully saturated rings. The van der Waals surface area contributed by atoms with E-state index in [0.29, 0.717) is 16.7 Å². The van der Waals surface area contributed by atoms with E-state index in [4.69, 9.17) is 36.7 Å². The number of hydrogen-bond acceptors (Lipinski definition) is 11. The number of hydrazine groups is 1. The number of hydrogen-bond donors (Lipinski definition) is 3. The Labute approximate surface area is 627 Å². The molecule has 1 spiro atoms. The number of halogens is 1.